The summed E-state index contributed by atoms with van der Waals surface area (Å²) >= 11 is 0. The molecule has 0 spiro atoms. The standard InChI is InChI=1S/C19H25NO5/c1-13-5-6-16(19(23)24)12-20(13)18(22)4-3-11-25-17-9-7-15(8-10-17)14(2)21/h7-10,13,16H,3-6,11-12H2,1-2H3,(H,23,24). The van der Waals surface area contributed by atoms with E-state index in [4.69, 9.17) is 9.84 Å². The predicted molar refractivity (Wildman–Crippen MR) is 92.7 cm³/mol. The number of ketones is 1. The number of carboxylic acids is 1. The third-order valence-electron chi connectivity index (χ3n) is 4.62. The maximum atomic E-state index is 12.3. The van der Waals surface area contributed by atoms with Crippen LogP contribution in [-0.2, 0) is 9.59 Å². The van der Waals surface area contributed by atoms with Crippen LogP contribution < -0.4 is 4.74 Å². The number of rotatable bonds is 7. The number of ether oxygens (including phenoxy) is 1. The topological polar surface area (TPSA) is 83.9 Å². The number of hydrogen-bond acceptors (Lipinski definition) is 4. The van der Waals surface area contributed by atoms with Crippen LogP contribution in [0.15, 0.2) is 24.3 Å². The third-order valence-corrected chi connectivity index (χ3v) is 4.62. The van der Waals surface area contributed by atoms with Gasteiger partial charge in [-0.05, 0) is 57.4 Å². The number of nitrogens with zero attached hydrogens (tertiary/aromatic N) is 1. The van der Waals surface area contributed by atoms with Crippen LogP contribution in [0.2, 0.25) is 0 Å². The van der Waals surface area contributed by atoms with E-state index in [9.17, 15) is 14.4 Å². The number of aliphatic carboxylic acids is 1. The molecule has 1 aromatic rings. The van der Waals surface area contributed by atoms with E-state index in [0.29, 0.717) is 43.7 Å². The van der Waals surface area contributed by atoms with Crippen LogP contribution in [0, 0.1) is 5.92 Å². The molecule has 2 rings (SSSR count). The van der Waals surface area contributed by atoms with Gasteiger partial charge in [0.2, 0.25) is 5.91 Å². The van der Waals surface area contributed by atoms with Crippen LogP contribution in [0.1, 0.15) is 49.9 Å². The van der Waals surface area contributed by atoms with Crippen molar-refractivity contribution in [2.24, 2.45) is 5.92 Å². The fraction of sp³-hybridized carbons (Fsp3) is 0.526. The number of amides is 1. The summed E-state index contributed by atoms with van der Waals surface area (Å²) in [4.78, 5) is 36.4. The van der Waals surface area contributed by atoms with Crippen molar-refractivity contribution in [1.29, 1.82) is 0 Å². The van der Waals surface area contributed by atoms with Crippen LogP contribution in [-0.4, -0.2) is 46.9 Å². The minimum absolute atomic E-state index is 0.00691. The van der Waals surface area contributed by atoms with Gasteiger partial charge in [0.15, 0.2) is 5.78 Å². The van der Waals surface area contributed by atoms with Crippen molar-refractivity contribution in [1.82, 2.24) is 4.90 Å². The number of carbonyl (C=O) groups excluding carboxylic acids is 2. The van der Waals surface area contributed by atoms with E-state index in [1.165, 1.54) is 6.92 Å². The molecule has 0 bridgehead atoms. The maximum absolute atomic E-state index is 12.3. The SMILES string of the molecule is CC(=O)c1ccc(OCCCC(=O)N2CC(C(=O)O)CCC2C)cc1. The Labute approximate surface area is 147 Å². The Morgan fingerprint density at radius 3 is 2.48 bits per heavy atom. The number of carboxylic acid groups (broad SMARTS) is 1. The molecular formula is C19H25NO5. The van der Waals surface area contributed by atoms with Gasteiger partial charge >= 0.3 is 5.97 Å². The zero-order valence-electron chi connectivity index (χ0n) is 14.7. The summed E-state index contributed by atoms with van der Waals surface area (Å²) in [6.07, 6.45) is 2.25. The number of benzene rings is 1. The highest BCUT2D eigenvalue weighted by atomic mass is 16.5. The number of likely N-dealkylation sites (tertiary alicyclic amines) is 1. The number of hydrogen-bond donors (Lipinski definition) is 1. The Kier molecular flexibility index (Phi) is 6.56. The van der Waals surface area contributed by atoms with Gasteiger partial charge in [0.25, 0.3) is 0 Å². The van der Waals surface area contributed by atoms with Crippen molar-refractivity contribution in [3.63, 3.8) is 0 Å². The van der Waals surface area contributed by atoms with Gasteiger partial charge in [-0.25, -0.2) is 0 Å². The molecule has 2 unspecified atom stereocenters. The molecule has 1 N–H and O–H groups in total. The fourth-order valence-corrected chi connectivity index (χ4v) is 3.00. The van der Waals surface area contributed by atoms with Crippen molar-refractivity contribution >= 4 is 17.7 Å². The fourth-order valence-electron chi connectivity index (χ4n) is 3.00. The highest BCUT2D eigenvalue weighted by molar-refractivity contribution is 5.94. The molecule has 1 amide bonds. The highest BCUT2D eigenvalue weighted by Crippen LogP contribution is 2.23. The molecule has 0 aromatic heterocycles. The van der Waals surface area contributed by atoms with E-state index < -0.39 is 11.9 Å². The first-order chi connectivity index (χ1) is 11.9. The summed E-state index contributed by atoms with van der Waals surface area (Å²) in [5.74, 6) is -0.644. The van der Waals surface area contributed by atoms with E-state index in [2.05, 4.69) is 0 Å². The largest absolute Gasteiger partial charge is 0.494 e. The Bertz CT molecular complexity index is 625. The molecule has 1 aliphatic heterocycles. The molecule has 25 heavy (non-hydrogen) atoms. The zero-order chi connectivity index (χ0) is 18.4. The van der Waals surface area contributed by atoms with Gasteiger partial charge in [-0.3, -0.25) is 14.4 Å². The van der Waals surface area contributed by atoms with Crippen molar-refractivity contribution in [3.05, 3.63) is 29.8 Å². The van der Waals surface area contributed by atoms with Gasteiger partial charge in [-0.1, -0.05) is 0 Å². The van der Waals surface area contributed by atoms with Gasteiger partial charge in [0, 0.05) is 24.6 Å². The van der Waals surface area contributed by atoms with Gasteiger partial charge in [-0.2, -0.15) is 0 Å². The van der Waals surface area contributed by atoms with Gasteiger partial charge in [-0.15, -0.1) is 0 Å². The molecule has 0 aliphatic carbocycles. The molecule has 1 aliphatic rings. The monoisotopic (exact) mass is 347 g/mol. The second-order valence-corrected chi connectivity index (χ2v) is 6.54. The quantitative estimate of drug-likeness (QED) is 0.606. The average Bonchev–Trinajstić information content (AvgIpc) is 2.59. The zero-order valence-corrected chi connectivity index (χ0v) is 14.7. The summed E-state index contributed by atoms with van der Waals surface area (Å²) < 4.78 is 5.59. The summed E-state index contributed by atoms with van der Waals surface area (Å²) in [5.41, 5.74) is 0.634. The second kappa shape index (κ2) is 8.65. The van der Waals surface area contributed by atoms with Crippen molar-refractivity contribution in [2.45, 2.75) is 45.6 Å². The molecule has 0 radical (unpaired) electrons. The van der Waals surface area contributed by atoms with E-state index >= 15 is 0 Å². The van der Waals surface area contributed by atoms with Gasteiger partial charge in [0.05, 0.1) is 12.5 Å². The van der Waals surface area contributed by atoms with E-state index in [1.54, 1.807) is 29.2 Å². The Balaban J connectivity index is 1.76. The lowest BCUT2D eigenvalue weighted by Crippen LogP contribution is -2.47. The smallest absolute Gasteiger partial charge is 0.308 e. The van der Waals surface area contributed by atoms with Gasteiger partial charge < -0.3 is 14.7 Å². The molecule has 1 fully saturated rings. The normalized spacial score (nSPS) is 20.2. The van der Waals surface area contributed by atoms with Crippen LogP contribution in [0.4, 0.5) is 0 Å². The summed E-state index contributed by atoms with van der Waals surface area (Å²) in [5, 5.41) is 9.14. The van der Waals surface area contributed by atoms with E-state index in [1.807, 2.05) is 6.92 Å². The molecular weight excluding hydrogens is 322 g/mol. The highest BCUT2D eigenvalue weighted by Gasteiger charge is 2.32. The molecule has 6 heteroatoms. The number of carbonyl (C=O) groups is 3. The second-order valence-electron chi connectivity index (χ2n) is 6.54. The lowest BCUT2D eigenvalue weighted by Gasteiger charge is -2.36. The molecule has 1 heterocycles. The van der Waals surface area contributed by atoms with Crippen LogP contribution in [0.25, 0.3) is 0 Å². The first kappa shape index (κ1) is 19.0. The van der Waals surface area contributed by atoms with Crippen molar-refractivity contribution in [2.75, 3.05) is 13.2 Å². The minimum atomic E-state index is -0.831. The molecule has 0 saturated carbocycles. The number of Topliss-reactive ketones (excluding diaryl/α,β-unsaturated/α-hetero) is 1. The molecule has 1 aromatic carbocycles. The molecule has 2 atom stereocenters. The van der Waals surface area contributed by atoms with E-state index in [-0.39, 0.29) is 17.7 Å². The minimum Gasteiger partial charge on any atom is -0.494 e. The van der Waals surface area contributed by atoms with E-state index in [0.717, 1.165) is 6.42 Å². The van der Waals surface area contributed by atoms with Crippen LogP contribution >= 0.6 is 0 Å². The molecule has 136 valence electrons. The Morgan fingerprint density at radius 1 is 1.20 bits per heavy atom. The summed E-state index contributed by atoms with van der Waals surface area (Å²) in [7, 11) is 0. The van der Waals surface area contributed by atoms with Crippen LogP contribution in [0.5, 0.6) is 5.75 Å². The Morgan fingerprint density at radius 2 is 1.88 bits per heavy atom. The van der Waals surface area contributed by atoms with Crippen LogP contribution in [0.3, 0.4) is 0 Å². The summed E-state index contributed by atoms with van der Waals surface area (Å²) in [6, 6.07) is 6.99. The predicted octanol–water partition coefficient (Wildman–Crippen LogP) is 2.76. The summed E-state index contributed by atoms with van der Waals surface area (Å²) in [6.45, 7) is 4.17. The van der Waals surface area contributed by atoms with Gasteiger partial charge in [0.1, 0.15) is 5.75 Å². The lowest BCUT2D eigenvalue weighted by molar-refractivity contribution is -0.147. The number of piperidine rings is 1. The Hall–Kier alpha value is -2.37. The first-order valence-corrected chi connectivity index (χ1v) is 8.64. The molecule has 1 saturated heterocycles. The average molecular weight is 347 g/mol. The van der Waals surface area contributed by atoms with Crippen molar-refractivity contribution < 1.29 is 24.2 Å². The lowest BCUT2D eigenvalue weighted by atomic mass is 9.93. The van der Waals surface area contributed by atoms with Crippen molar-refractivity contribution in [3.8, 4) is 5.75 Å². The first-order valence-electron chi connectivity index (χ1n) is 8.64. The maximum Gasteiger partial charge on any atom is 0.308 e. The third kappa shape index (κ3) is 5.31. The molecule has 6 nitrogen and oxygen atoms in total.